The number of hydrogen-bond acceptors (Lipinski definition) is 6. The first kappa shape index (κ1) is 25.6. The predicted octanol–water partition coefficient (Wildman–Crippen LogP) is 6.18. The average Bonchev–Trinajstić information content (AvgIpc) is 2.87. The Balaban J connectivity index is 1.81. The molecule has 5 rings (SSSR count). The first-order valence-electron chi connectivity index (χ1n) is 13.0. The SMILES string of the molecule is COc1c2cc(C)cc1-c1cc(C)cc3c1OCCCOc1c(cc(C)cc1-2)COCCOCCOC3. The molecule has 0 radical (unpaired) electrons. The zero-order valence-corrected chi connectivity index (χ0v) is 22.3. The number of hydrogen-bond donors (Lipinski definition) is 0. The van der Waals surface area contributed by atoms with E-state index in [-0.39, 0.29) is 0 Å². The zero-order valence-electron chi connectivity index (χ0n) is 22.3. The molecular weight excluding hydrogens is 468 g/mol. The third kappa shape index (κ3) is 5.61. The lowest BCUT2D eigenvalue weighted by Gasteiger charge is -2.24. The van der Waals surface area contributed by atoms with E-state index in [1.807, 2.05) is 0 Å². The fourth-order valence-corrected chi connectivity index (χ4v) is 5.15. The molecule has 4 bridgehead atoms. The highest BCUT2D eigenvalue weighted by Crippen LogP contribution is 2.48. The molecule has 37 heavy (non-hydrogen) atoms. The maximum Gasteiger partial charge on any atom is 0.134 e. The van der Waals surface area contributed by atoms with Gasteiger partial charge in [-0.05, 0) is 61.7 Å². The molecule has 0 saturated carbocycles. The molecule has 3 aromatic rings. The van der Waals surface area contributed by atoms with Gasteiger partial charge in [0.25, 0.3) is 0 Å². The summed E-state index contributed by atoms with van der Waals surface area (Å²) in [5.74, 6) is 2.47. The van der Waals surface area contributed by atoms with E-state index in [1.54, 1.807) is 7.11 Å². The summed E-state index contributed by atoms with van der Waals surface area (Å²) in [5, 5.41) is 0. The Kier molecular flexibility index (Phi) is 7.99. The third-order valence-electron chi connectivity index (χ3n) is 6.68. The van der Waals surface area contributed by atoms with Gasteiger partial charge in [0.2, 0.25) is 0 Å². The largest absolute Gasteiger partial charge is 0.495 e. The molecule has 2 aliphatic rings. The van der Waals surface area contributed by atoms with Gasteiger partial charge in [0.15, 0.2) is 0 Å². The first-order valence-corrected chi connectivity index (χ1v) is 13.0. The minimum Gasteiger partial charge on any atom is -0.495 e. The highest BCUT2D eigenvalue weighted by atomic mass is 16.5. The van der Waals surface area contributed by atoms with Crippen molar-refractivity contribution in [1.82, 2.24) is 0 Å². The van der Waals surface area contributed by atoms with Gasteiger partial charge in [-0.1, -0.05) is 12.1 Å². The second-order valence-electron chi connectivity index (χ2n) is 9.76. The number of ether oxygens (including phenoxy) is 6. The summed E-state index contributed by atoms with van der Waals surface area (Å²) in [6, 6.07) is 13.0. The van der Waals surface area contributed by atoms with E-state index < -0.39 is 0 Å². The summed E-state index contributed by atoms with van der Waals surface area (Å²) in [6.07, 6.45) is 0.749. The van der Waals surface area contributed by atoms with E-state index in [4.69, 9.17) is 28.4 Å². The van der Waals surface area contributed by atoms with Gasteiger partial charge in [0.1, 0.15) is 17.2 Å². The van der Waals surface area contributed by atoms with Crippen molar-refractivity contribution in [3.63, 3.8) is 0 Å². The molecule has 0 aliphatic carbocycles. The van der Waals surface area contributed by atoms with E-state index >= 15 is 0 Å². The molecule has 196 valence electrons. The first-order chi connectivity index (χ1) is 18.0. The van der Waals surface area contributed by atoms with Gasteiger partial charge in [0, 0.05) is 39.8 Å². The van der Waals surface area contributed by atoms with Crippen LogP contribution in [-0.2, 0) is 27.4 Å². The quantitative estimate of drug-likeness (QED) is 0.395. The fraction of sp³-hybridized carbons (Fsp3) is 0.419. The van der Waals surface area contributed by atoms with Crippen molar-refractivity contribution in [2.45, 2.75) is 40.4 Å². The van der Waals surface area contributed by atoms with Crippen LogP contribution >= 0.6 is 0 Å². The Morgan fingerprint density at radius 3 is 1.46 bits per heavy atom. The second kappa shape index (κ2) is 11.5. The summed E-state index contributed by atoms with van der Waals surface area (Å²) < 4.78 is 36.8. The number of benzene rings is 3. The standard InChI is InChI=1S/C31H36O6/c1-20-12-23-18-34-10-8-33-9-11-35-19-24-13-21(2)15-26-28-17-22(3)16-27(31(28)32-4)25(14-20)29(23)36-6-5-7-37-30(24)26/h12-17H,5-11,18-19H2,1-4H3. The smallest absolute Gasteiger partial charge is 0.134 e. The fourth-order valence-electron chi connectivity index (χ4n) is 5.15. The van der Waals surface area contributed by atoms with Crippen LogP contribution in [0, 0.1) is 20.8 Å². The number of methoxy groups -OCH3 is 1. The minimum absolute atomic E-state index is 0.437. The van der Waals surface area contributed by atoms with Gasteiger partial charge in [0.05, 0.1) is 60.0 Å². The number of fused-ring (bicyclic) bond motifs is 8. The monoisotopic (exact) mass is 504 g/mol. The predicted molar refractivity (Wildman–Crippen MR) is 144 cm³/mol. The average molecular weight is 505 g/mol. The maximum absolute atomic E-state index is 6.46. The Bertz CT molecular complexity index is 1170. The van der Waals surface area contributed by atoms with Crippen molar-refractivity contribution >= 4 is 0 Å². The van der Waals surface area contributed by atoms with Crippen molar-refractivity contribution in [3.8, 4) is 39.5 Å². The summed E-state index contributed by atoms with van der Waals surface area (Å²) in [5.41, 5.74) is 9.45. The van der Waals surface area contributed by atoms with Gasteiger partial charge in [-0.25, -0.2) is 0 Å². The van der Waals surface area contributed by atoms with Crippen molar-refractivity contribution in [2.75, 3.05) is 46.8 Å². The van der Waals surface area contributed by atoms with Gasteiger partial charge in [-0.3, -0.25) is 0 Å². The van der Waals surface area contributed by atoms with Crippen LogP contribution in [-0.4, -0.2) is 46.8 Å². The molecular formula is C31H36O6. The van der Waals surface area contributed by atoms with Crippen molar-refractivity contribution in [2.24, 2.45) is 0 Å². The molecule has 0 aromatic heterocycles. The Labute approximate surface area is 219 Å². The van der Waals surface area contributed by atoms with Gasteiger partial charge in [-0.15, -0.1) is 0 Å². The van der Waals surface area contributed by atoms with E-state index in [1.165, 1.54) is 0 Å². The van der Waals surface area contributed by atoms with Gasteiger partial charge < -0.3 is 28.4 Å². The Morgan fingerprint density at radius 2 is 0.973 bits per heavy atom. The second-order valence-corrected chi connectivity index (χ2v) is 9.76. The van der Waals surface area contributed by atoms with E-state index in [0.29, 0.717) is 52.9 Å². The lowest BCUT2D eigenvalue weighted by Crippen LogP contribution is -2.13. The molecule has 0 unspecified atom stereocenters. The number of rotatable bonds is 1. The highest BCUT2D eigenvalue weighted by Gasteiger charge is 2.24. The molecule has 3 aromatic carbocycles. The van der Waals surface area contributed by atoms with Crippen LogP contribution in [0.15, 0.2) is 36.4 Å². The van der Waals surface area contributed by atoms with Crippen LogP contribution in [0.1, 0.15) is 34.2 Å². The normalized spacial score (nSPS) is 16.3. The molecule has 0 saturated heterocycles. The third-order valence-corrected chi connectivity index (χ3v) is 6.68. The van der Waals surface area contributed by atoms with E-state index in [0.717, 1.165) is 73.7 Å². The van der Waals surface area contributed by atoms with Crippen molar-refractivity contribution < 1.29 is 28.4 Å². The molecule has 2 aliphatic heterocycles. The molecule has 0 N–H and O–H groups in total. The summed E-state index contributed by atoms with van der Waals surface area (Å²) >= 11 is 0. The summed E-state index contributed by atoms with van der Waals surface area (Å²) in [6.45, 7) is 10.3. The molecule has 0 fully saturated rings. The zero-order chi connectivity index (χ0) is 25.8. The van der Waals surface area contributed by atoms with Crippen LogP contribution in [0.25, 0.3) is 22.3 Å². The summed E-state index contributed by atoms with van der Waals surface area (Å²) in [4.78, 5) is 0. The van der Waals surface area contributed by atoms with Crippen molar-refractivity contribution in [3.05, 3.63) is 64.2 Å². The van der Waals surface area contributed by atoms with Gasteiger partial charge in [-0.2, -0.15) is 0 Å². The van der Waals surface area contributed by atoms with Crippen LogP contribution < -0.4 is 14.2 Å². The van der Waals surface area contributed by atoms with E-state index in [2.05, 4.69) is 57.2 Å². The minimum atomic E-state index is 0.437. The molecule has 2 heterocycles. The molecule has 6 heteroatoms. The Hall–Kier alpha value is -3.06. The number of aryl methyl sites for hydroxylation is 3. The molecule has 0 spiro atoms. The highest BCUT2D eigenvalue weighted by molar-refractivity contribution is 5.88. The summed E-state index contributed by atoms with van der Waals surface area (Å²) in [7, 11) is 1.73. The molecule has 0 atom stereocenters. The van der Waals surface area contributed by atoms with Crippen LogP contribution in [0.2, 0.25) is 0 Å². The van der Waals surface area contributed by atoms with Crippen LogP contribution in [0.5, 0.6) is 17.2 Å². The van der Waals surface area contributed by atoms with Crippen molar-refractivity contribution in [1.29, 1.82) is 0 Å². The van der Waals surface area contributed by atoms with Crippen LogP contribution in [0.3, 0.4) is 0 Å². The lowest BCUT2D eigenvalue weighted by atomic mass is 9.90. The topological polar surface area (TPSA) is 55.4 Å². The molecule has 0 amide bonds. The lowest BCUT2D eigenvalue weighted by molar-refractivity contribution is 0.00623. The van der Waals surface area contributed by atoms with Crippen LogP contribution in [0.4, 0.5) is 0 Å². The molecule has 6 nitrogen and oxygen atoms in total. The maximum atomic E-state index is 6.46. The van der Waals surface area contributed by atoms with E-state index in [9.17, 15) is 0 Å². The van der Waals surface area contributed by atoms with Gasteiger partial charge >= 0.3 is 0 Å². The Morgan fingerprint density at radius 1 is 0.541 bits per heavy atom.